The highest BCUT2D eigenvalue weighted by Crippen LogP contribution is 2.38. The van der Waals surface area contributed by atoms with Crippen LogP contribution in [0.1, 0.15) is 31.2 Å². The number of aliphatic hydroxyl groups excluding tert-OH is 1. The second-order valence-electron chi connectivity index (χ2n) is 5.24. The smallest absolute Gasteiger partial charge is 0.0504 e. The van der Waals surface area contributed by atoms with Crippen LogP contribution in [0.5, 0.6) is 0 Å². The van der Waals surface area contributed by atoms with Gasteiger partial charge in [0, 0.05) is 23.3 Å². The minimum absolute atomic E-state index is 0.0804. The number of benzene rings is 1. The van der Waals surface area contributed by atoms with Crippen LogP contribution in [0, 0.1) is 12.3 Å². The van der Waals surface area contributed by atoms with Crippen molar-refractivity contribution < 1.29 is 5.11 Å². The lowest BCUT2D eigenvalue weighted by Crippen LogP contribution is -2.30. The molecule has 0 aromatic heterocycles. The summed E-state index contributed by atoms with van der Waals surface area (Å²) in [5, 5.41) is 13.0. The molecule has 1 aromatic rings. The Bertz CT molecular complexity index is 384. The van der Waals surface area contributed by atoms with E-state index in [4.69, 9.17) is 5.73 Å². The first-order valence-electron chi connectivity index (χ1n) is 6.37. The van der Waals surface area contributed by atoms with Gasteiger partial charge < -0.3 is 16.2 Å². The van der Waals surface area contributed by atoms with Gasteiger partial charge in [0.15, 0.2) is 0 Å². The lowest BCUT2D eigenvalue weighted by molar-refractivity contribution is 0.142. The number of nitrogens with one attached hydrogen (secondary N) is 1. The van der Waals surface area contributed by atoms with Crippen molar-refractivity contribution in [3.63, 3.8) is 0 Å². The molecule has 1 aliphatic carbocycles. The highest BCUT2D eigenvalue weighted by Gasteiger charge is 2.32. The lowest BCUT2D eigenvalue weighted by Gasteiger charge is -2.27. The average Bonchev–Trinajstić information content (AvgIpc) is 2.81. The Balaban J connectivity index is 2.04. The predicted octanol–water partition coefficient (Wildman–Crippen LogP) is 2.54. The second kappa shape index (κ2) is 4.96. The number of nitrogens with two attached hydrogens (primary N) is 1. The quantitative estimate of drug-likeness (QED) is 0.702. The molecule has 0 radical (unpaired) electrons. The highest BCUT2D eigenvalue weighted by atomic mass is 16.3. The van der Waals surface area contributed by atoms with Gasteiger partial charge in [0.25, 0.3) is 0 Å². The van der Waals surface area contributed by atoms with E-state index in [9.17, 15) is 5.11 Å². The maximum atomic E-state index is 9.55. The van der Waals surface area contributed by atoms with E-state index in [1.54, 1.807) is 0 Å². The molecule has 94 valence electrons. The summed E-state index contributed by atoms with van der Waals surface area (Å²) in [5.74, 6) is 0. The molecule has 0 heterocycles. The van der Waals surface area contributed by atoms with Crippen molar-refractivity contribution in [3.8, 4) is 0 Å². The van der Waals surface area contributed by atoms with Crippen molar-refractivity contribution in [2.75, 3.05) is 24.2 Å². The molecule has 1 aliphatic rings. The number of nitrogen functional groups attached to an aromatic ring is 1. The van der Waals surface area contributed by atoms with Gasteiger partial charge in [-0.15, -0.1) is 0 Å². The van der Waals surface area contributed by atoms with Crippen molar-refractivity contribution in [1.29, 1.82) is 0 Å². The largest absolute Gasteiger partial charge is 0.398 e. The van der Waals surface area contributed by atoms with Gasteiger partial charge in [-0.3, -0.25) is 0 Å². The molecule has 0 amide bonds. The first kappa shape index (κ1) is 12.2. The first-order chi connectivity index (χ1) is 8.17. The lowest BCUT2D eigenvalue weighted by atomic mass is 9.87. The van der Waals surface area contributed by atoms with Crippen LogP contribution >= 0.6 is 0 Å². The van der Waals surface area contributed by atoms with Gasteiger partial charge in [-0.1, -0.05) is 18.9 Å². The van der Waals surface area contributed by atoms with Crippen LogP contribution in [0.4, 0.5) is 11.4 Å². The number of anilines is 2. The van der Waals surface area contributed by atoms with E-state index in [2.05, 4.69) is 5.32 Å². The zero-order valence-electron chi connectivity index (χ0n) is 10.5. The summed E-state index contributed by atoms with van der Waals surface area (Å²) in [4.78, 5) is 0. The third-order valence-electron chi connectivity index (χ3n) is 4.03. The van der Waals surface area contributed by atoms with E-state index in [0.29, 0.717) is 0 Å². The molecule has 0 unspecified atom stereocenters. The zero-order valence-corrected chi connectivity index (χ0v) is 10.5. The molecular weight excluding hydrogens is 212 g/mol. The van der Waals surface area contributed by atoms with Gasteiger partial charge in [0.1, 0.15) is 0 Å². The number of rotatable bonds is 4. The number of aliphatic hydroxyl groups is 1. The maximum Gasteiger partial charge on any atom is 0.0504 e. The summed E-state index contributed by atoms with van der Waals surface area (Å²) >= 11 is 0. The van der Waals surface area contributed by atoms with Crippen LogP contribution in [-0.4, -0.2) is 18.3 Å². The Kier molecular flexibility index (Phi) is 3.57. The molecule has 1 saturated carbocycles. The summed E-state index contributed by atoms with van der Waals surface area (Å²) in [6, 6.07) is 5.93. The number of hydrogen-bond donors (Lipinski definition) is 3. The average molecular weight is 234 g/mol. The molecule has 3 heteroatoms. The fraction of sp³-hybridized carbons (Fsp3) is 0.571. The molecule has 0 saturated heterocycles. The standard InChI is InChI=1S/C14H22N2O/c1-11-12(15)5-4-6-13(11)16-9-14(10-17)7-2-3-8-14/h4-6,16-17H,2-3,7-10,15H2,1H3. The fourth-order valence-corrected chi connectivity index (χ4v) is 2.64. The molecule has 1 aromatic carbocycles. The van der Waals surface area contributed by atoms with Crippen LogP contribution in [0.25, 0.3) is 0 Å². The van der Waals surface area contributed by atoms with E-state index in [1.165, 1.54) is 12.8 Å². The van der Waals surface area contributed by atoms with E-state index in [1.807, 2.05) is 25.1 Å². The third kappa shape index (κ3) is 2.55. The van der Waals surface area contributed by atoms with Crippen LogP contribution in [0.15, 0.2) is 18.2 Å². The van der Waals surface area contributed by atoms with Gasteiger partial charge in [-0.05, 0) is 37.5 Å². The second-order valence-corrected chi connectivity index (χ2v) is 5.24. The molecule has 0 spiro atoms. The molecule has 1 fully saturated rings. The van der Waals surface area contributed by atoms with Crippen LogP contribution in [0.3, 0.4) is 0 Å². The Morgan fingerprint density at radius 2 is 2.06 bits per heavy atom. The van der Waals surface area contributed by atoms with Crippen molar-refractivity contribution in [1.82, 2.24) is 0 Å². The van der Waals surface area contributed by atoms with Crippen LogP contribution in [0.2, 0.25) is 0 Å². The molecule has 4 N–H and O–H groups in total. The number of hydrogen-bond acceptors (Lipinski definition) is 3. The zero-order chi connectivity index (χ0) is 12.3. The normalized spacial score (nSPS) is 18.2. The molecule has 17 heavy (non-hydrogen) atoms. The van der Waals surface area contributed by atoms with Crippen LogP contribution < -0.4 is 11.1 Å². The van der Waals surface area contributed by atoms with E-state index in [0.717, 1.165) is 36.3 Å². The molecule has 0 aliphatic heterocycles. The molecule has 0 bridgehead atoms. The summed E-state index contributed by atoms with van der Waals surface area (Å²) in [7, 11) is 0. The van der Waals surface area contributed by atoms with Crippen molar-refractivity contribution >= 4 is 11.4 Å². The Labute approximate surface area is 103 Å². The van der Waals surface area contributed by atoms with Crippen molar-refractivity contribution in [3.05, 3.63) is 23.8 Å². The van der Waals surface area contributed by atoms with Gasteiger partial charge in [0.05, 0.1) is 6.61 Å². The summed E-state index contributed by atoms with van der Waals surface area (Å²) in [6.45, 7) is 3.15. The monoisotopic (exact) mass is 234 g/mol. The molecule has 3 nitrogen and oxygen atoms in total. The summed E-state index contributed by atoms with van der Waals surface area (Å²) < 4.78 is 0. The molecule has 0 atom stereocenters. The van der Waals surface area contributed by atoms with Crippen LogP contribution in [-0.2, 0) is 0 Å². The first-order valence-corrected chi connectivity index (χ1v) is 6.37. The Hall–Kier alpha value is -1.22. The summed E-state index contributed by atoms with van der Waals surface area (Å²) in [6.07, 6.45) is 4.71. The van der Waals surface area contributed by atoms with Gasteiger partial charge in [0.2, 0.25) is 0 Å². The fourth-order valence-electron chi connectivity index (χ4n) is 2.64. The highest BCUT2D eigenvalue weighted by molar-refractivity contribution is 5.62. The predicted molar refractivity (Wildman–Crippen MR) is 72.1 cm³/mol. The van der Waals surface area contributed by atoms with E-state index in [-0.39, 0.29) is 12.0 Å². The Morgan fingerprint density at radius 1 is 1.35 bits per heavy atom. The van der Waals surface area contributed by atoms with Crippen molar-refractivity contribution in [2.24, 2.45) is 5.41 Å². The Morgan fingerprint density at radius 3 is 2.71 bits per heavy atom. The molecular formula is C14H22N2O. The maximum absolute atomic E-state index is 9.55. The summed E-state index contributed by atoms with van der Waals surface area (Å²) in [5.41, 5.74) is 8.96. The minimum atomic E-state index is 0.0804. The van der Waals surface area contributed by atoms with Gasteiger partial charge in [-0.2, -0.15) is 0 Å². The molecule has 2 rings (SSSR count). The van der Waals surface area contributed by atoms with Crippen molar-refractivity contribution in [2.45, 2.75) is 32.6 Å². The van der Waals surface area contributed by atoms with Gasteiger partial charge >= 0.3 is 0 Å². The van der Waals surface area contributed by atoms with E-state index >= 15 is 0 Å². The van der Waals surface area contributed by atoms with Gasteiger partial charge in [-0.25, -0.2) is 0 Å². The topological polar surface area (TPSA) is 58.3 Å². The van der Waals surface area contributed by atoms with E-state index < -0.39 is 0 Å². The third-order valence-corrected chi connectivity index (χ3v) is 4.03. The minimum Gasteiger partial charge on any atom is -0.398 e. The SMILES string of the molecule is Cc1c(N)cccc1NCC1(CO)CCCC1.